The summed E-state index contributed by atoms with van der Waals surface area (Å²) in [6.07, 6.45) is 3.11. The third-order valence-corrected chi connectivity index (χ3v) is 1.77. The molecule has 0 aromatic rings. The molecule has 0 bridgehead atoms. The number of aliphatic hydroxyl groups excluding tert-OH is 2. The van der Waals surface area contributed by atoms with Crippen LogP contribution in [-0.4, -0.2) is 35.6 Å². The molecule has 0 amide bonds. The summed E-state index contributed by atoms with van der Waals surface area (Å²) in [6, 6.07) is 0. The van der Waals surface area contributed by atoms with Crippen molar-refractivity contribution in [2.45, 2.75) is 65.6 Å². The summed E-state index contributed by atoms with van der Waals surface area (Å²) in [5.74, 6) is 0. The van der Waals surface area contributed by atoms with E-state index in [1.807, 2.05) is 13.8 Å². The molecule has 0 aromatic heterocycles. The van der Waals surface area contributed by atoms with Crippen LogP contribution in [0.5, 0.6) is 0 Å². The van der Waals surface area contributed by atoms with E-state index >= 15 is 0 Å². The molecule has 0 aromatic carbocycles. The molecule has 0 radical (unpaired) electrons. The summed E-state index contributed by atoms with van der Waals surface area (Å²) in [6.45, 7) is 8.94. The Balaban J connectivity index is 0. The molecule has 1 aliphatic heterocycles. The molecule has 2 atom stereocenters. The zero-order chi connectivity index (χ0) is 12.1. The van der Waals surface area contributed by atoms with Gasteiger partial charge in [0.25, 0.3) is 0 Å². The lowest BCUT2D eigenvalue weighted by atomic mass is 10.1. The molecule has 1 fully saturated rings. The van der Waals surface area contributed by atoms with Crippen LogP contribution in [0.25, 0.3) is 0 Å². The van der Waals surface area contributed by atoms with Crippen molar-refractivity contribution in [1.29, 1.82) is 0 Å². The van der Waals surface area contributed by atoms with E-state index in [1.54, 1.807) is 0 Å². The van der Waals surface area contributed by atoms with Crippen LogP contribution in [0.2, 0.25) is 0 Å². The van der Waals surface area contributed by atoms with Crippen molar-refractivity contribution in [3.05, 3.63) is 0 Å². The Bertz CT molecular complexity index is 107. The van der Waals surface area contributed by atoms with Gasteiger partial charge in [0.2, 0.25) is 0 Å². The quantitative estimate of drug-likeness (QED) is 0.713. The molecular formula is C12H28O3. The van der Waals surface area contributed by atoms with E-state index in [0.29, 0.717) is 13.0 Å². The van der Waals surface area contributed by atoms with Crippen LogP contribution in [-0.2, 0) is 4.74 Å². The fourth-order valence-electron chi connectivity index (χ4n) is 1.19. The molecule has 1 heterocycles. The minimum atomic E-state index is -0.278. The van der Waals surface area contributed by atoms with Gasteiger partial charge in [0.05, 0.1) is 18.8 Å². The Morgan fingerprint density at radius 1 is 1.27 bits per heavy atom. The number of hydrogen-bond acceptors (Lipinski definition) is 3. The number of aliphatic hydroxyl groups is 2. The molecule has 0 spiro atoms. The van der Waals surface area contributed by atoms with Gasteiger partial charge in [-0.05, 0) is 12.8 Å². The summed E-state index contributed by atoms with van der Waals surface area (Å²) in [7, 11) is 0. The van der Waals surface area contributed by atoms with Gasteiger partial charge >= 0.3 is 0 Å². The molecule has 0 aliphatic carbocycles. The lowest BCUT2D eigenvalue weighted by Crippen LogP contribution is -2.20. The van der Waals surface area contributed by atoms with Gasteiger partial charge in [0, 0.05) is 13.0 Å². The second kappa shape index (κ2) is 13.9. The third-order valence-electron chi connectivity index (χ3n) is 1.77. The molecule has 1 rings (SSSR count). The maximum Gasteiger partial charge on any atom is 0.0830 e. The predicted octanol–water partition coefficient (Wildman–Crippen LogP) is 2.35. The molecule has 2 N–H and O–H groups in total. The second-order valence-corrected chi connectivity index (χ2v) is 3.41. The molecular weight excluding hydrogens is 192 g/mol. The normalized spacial score (nSPS) is 25.2. The number of ether oxygens (including phenoxy) is 1. The molecule has 3 heteroatoms. The monoisotopic (exact) mass is 220 g/mol. The summed E-state index contributed by atoms with van der Waals surface area (Å²) in [5.41, 5.74) is 0. The van der Waals surface area contributed by atoms with Gasteiger partial charge < -0.3 is 14.9 Å². The zero-order valence-corrected chi connectivity index (χ0v) is 10.7. The smallest absolute Gasteiger partial charge is 0.0830 e. The Hall–Kier alpha value is -0.120. The van der Waals surface area contributed by atoms with E-state index < -0.39 is 0 Å². The van der Waals surface area contributed by atoms with Crippen LogP contribution in [0.3, 0.4) is 0 Å². The zero-order valence-electron chi connectivity index (χ0n) is 10.7. The van der Waals surface area contributed by atoms with Crippen LogP contribution in [0.1, 0.15) is 53.4 Å². The van der Waals surface area contributed by atoms with Crippen LogP contribution >= 0.6 is 0 Å². The summed E-state index contributed by atoms with van der Waals surface area (Å²) in [5, 5.41) is 17.9. The summed E-state index contributed by atoms with van der Waals surface area (Å²) in [4.78, 5) is 0. The molecule has 0 saturated carbocycles. The van der Waals surface area contributed by atoms with E-state index in [-0.39, 0.29) is 18.8 Å². The largest absolute Gasteiger partial charge is 0.394 e. The van der Waals surface area contributed by atoms with E-state index in [1.165, 1.54) is 6.42 Å². The summed E-state index contributed by atoms with van der Waals surface area (Å²) >= 11 is 0. The minimum absolute atomic E-state index is 0.0249. The SMILES string of the molecule is CC.CCC.OCC1C[C@@H](O)CCCO1. The lowest BCUT2D eigenvalue weighted by Gasteiger charge is -2.12. The van der Waals surface area contributed by atoms with Gasteiger partial charge in [0.1, 0.15) is 0 Å². The van der Waals surface area contributed by atoms with Gasteiger partial charge in [-0.1, -0.05) is 34.1 Å². The summed E-state index contributed by atoms with van der Waals surface area (Å²) < 4.78 is 5.21. The molecule has 1 saturated heterocycles. The van der Waals surface area contributed by atoms with Gasteiger partial charge in [-0.25, -0.2) is 0 Å². The third kappa shape index (κ3) is 11.8. The average molecular weight is 220 g/mol. The first-order chi connectivity index (χ1) is 7.24. The minimum Gasteiger partial charge on any atom is -0.394 e. The van der Waals surface area contributed by atoms with Gasteiger partial charge in [0.15, 0.2) is 0 Å². The molecule has 15 heavy (non-hydrogen) atoms. The van der Waals surface area contributed by atoms with Crippen molar-refractivity contribution in [3.8, 4) is 0 Å². The van der Waals surface area contributed by atoms with Crippen molar-refractivity contribution < 1.29 is 14.9 Å². The van der Waals surface area contributed by atoms with Crippen molar-refractivity contribution in [2.24, 2.45) is 0 Å². The van der Waals surface area contributed by atoms with Crippen LogP contribution in [0.4, 0.5) is 0 Å². The van der Waals surface area contributed by atoms with E-state index in [9.17, 15) is 5.11 Å². The van der Waals surface area contributed by atoms with E-state index in [2.05, 4.69) is 13.8 Å². The van der Waals surface area contributed by atoms with Crippen molar-refractivity contribution >= 4 is 0 Å². The Morgan fingerprint density at radius 3 is 2.27 bits per heavy atom. The first-order valence-electron chi connectivity index (χ1n) is 6.15. The molecule has 3 nitrogen and oxygen atoms in total. The van der Waals surface area contributed by atoms with Crippen molar-refractivity contribution in [2.75, 3.05) is 13.2 Å². The Labute approximate surface area is 94.5 Å². The van der Waals surface area contributed by atoms with Crippen molar-refractivity contribution in [3.63, 3.8) is 0 Å². The number of hydrogen-bond donors (Lipinski definition) is 2. The number of rotatable bonds is 1. The fourth-order valence-corrected chi connectivity index (χ4v) is 1.19. The van der Waals surface area contributed by atoms with Gasteiger partial charge in [-0.2, -0.15) is 0 Å². The maximum atomic E-state index is 9.20. The average Bonchev–Trinajstić information content (AvgIpc) is 2.46. The van der Waals surface area contributed by atoms with Crippen LogP contribution < -0.4 is 0 Å². The highest BCUT2D eigenvalue weighted by molar-refractivity contribution is 4.67. The van der Waals surface area contributed by atoms with Crippen molar-refractivity contribution in [1.82, 2.24) is 0 Å². The maximum absolute atomic E-state index is 9.20. The fraction of sp³-hybridized carbons (Fsp3) is 1.00. The lowest BCUT2D eigenvalue weighted by molar-refractivity contribution is 0.00350. The predicted molar refractivity (Wildman–Crippen MR) is 64.0 cm³/mol. The van der Waals surface area contributed by atoms with Gasteiger partial charge in [-0.3, -0.25) is 0 Å². The molecule has 1 unspecified atom stereocenters. The first kappa shape index (κ1) is 17.3. The first-order valence-corrected chi connectivity index (χ1v) is 6.15. The Kier molecular flexibility index (Phi) is 16.0. The van der Waals surface area contributed by atoms with E-state index in [0.717, 1.165) is 12.8 Å². The highest BCUT2D eigenvalue weighted by Gasteiger charge is 2.17. The topological polar surface area (TPSA) is 49.7 Å². The standard InChI is InChI=1S/C7H14O3.C3H8.C2H6/c8-5-7-4-6(9)2-1-3-10-7;1-3-2;1-2/h6-9H,1-5H2;3H2,1-2H3;1-2H3/t6-,7?;;/m0../s1. The highest BCUT2D eigenvalue weighted by Crippen LogP contribution is 2.12. The van der Waals surface area contributed by atoms with E-state index in [4.69, 9.17) is 9.84 Å². The highest BCUT2D eigenvalue weighted by atomic mass is 16.5. The van der Waals surface area contributed by atoms with Crippen LogP contribution in [0, 0.1) is 0 Å². The Morgan fingerprint density at radius 2 is 1.80 bits per heavy atom. The van der Waals surface area contributed by atoms with Gasteiger partial charge in [-0.15, -0.1) is 0 Å². The molecule has 94 valence electrons. The van der Waals surface area contributed by atoms with Crippen LogP contribution in [0.15, 0.2) is 0 Å². The second-order valence-electron chi connectivity index (χ2n) is 3.41. The molecule has 1 aliphatic rings.